The molecule has 1 atom stereocenters. The summed E-state index contributed by atoms with van der Waals surface area (Å²) < 4.78 is 30.7. The number of nitrogens with one attached hydrogen (secondary N) is 2. The molecule has 0 spiro atoms. The molecule has 0 aromatic carbocycles. The molecule has 16 heavy (non-hydrogen) atoms. The average molecular weight is 249 g/mol. The van der Waals surface area contributed by atoms with E-state index in [2.05, 4.69) is 14.7 Å². The van der Waals surface area contributed by atoms with Gasteiger partial charge in [-0.1, -0.05) is 0 Å². The molecular weight excluding hydrogens is 234 g/mol. The van der Waals surface area contributed by atoms with E-state index in [1.807, 2.05) is 0 Å². The summed E-state index contributed by atoms with van der Waals surface area (Å²) in [7, 11) is -2.15. The number of rotatable bonds is 7. The van der Waals surface area contributed by atoms with E-state index in [0.717, 1.165) is 0 Å². The van der Waals surface area contributed by atoms with Gasteiger partial charge in [0.05, 0.1) is 19.1 Å². The zero-order valence-electron chi connectivity index (χ0n) is 8.88. The minimum absolute atomic E-state index is 0.00783. The van der Waals surface area contributed by atoms with Crippen molar-refractivity contribution in [1.82, 2.24) is 14.7 Å². The molecule has 1 aromatic heterocycles. The standard InChI is InChI=1S/C8H15N3O4S/c1-15-5-7(2-3-12)11-16(13,14)8-4-9-6-10-8/h4,6-7,11-12H,2-3,5H2,1H3,(H,9,10). The first-order chi connectivity index (χ1) is 7.60. The maximum Gasteiger partial charge on any atom is 0.257 e. The third-order valence-corrected chi connectivity index (χ3v) is 3.38. The maximum absolute atomic E-state index is 11.7. The SMILES string of the molecule is COCC(CCO)NS(=O)(=O)c1cnc[nH]1. The highest BCUT2D eigenvalue weighted by Gasteiger charge is 2.20. The van der Waals surface area contributed by atoms with Crippen molar-refractivity contribution in [2.45, 2.75) is 17.5 Å². The van der Waals surface area contributed by atoms with E-state index in [0.29, 0.717) is 6.42 Å². The molecule has 92 valence electrons. The van der Waals surface area contributed by atoms with Crippen molar-refractivity contribution in [1.29, 1.82) is 0 Å². The van der Waals surface area contributed by atoms with Gasteiger partial charge in [-0.05, 0) is 6.42 Å². The van der Waals surface area contributed by atoms with Crippen molar-refractivity contribution >= 4 is 10.0 Å². The first-order valence-corrected chi connectivity index (χ1v) is 6.19. The molecule has 1 heterocycles. The molecular formula is C8H15N3O4S. The number of aromatic amines is 1. The van der Waals surface area contributed by atoms with E-state index in [9.17, 15) is 8.42 Å². The number of H-pyrrole nitrogens is 1. The zero-order valence-corrected chi connectivity index (χ0v) is 9.70. The van der Waals surface area contributed by atoms with Gasteiger partial charge in [-0.25, -0.2) is 18.1 Å². The number of hydrogen-bond acceptors (Lipinski definition) is 5. The second kappa shape index (κ2) is 5.94. The third kappa shape index (κ3) is 3.56. The Kier molecular flexibility index (Phi) is 4.87. The molecule has 0 bridgehead atoms. The van der Waals surface area contributed by atoms with Crippen LogP contribution in [0.2, 0.25) is 0 Å². The molecule has 0 fully saturated rings. The highest BCUT2D eigenvalue weighted by molar-refractivity contribution is 7.89. The molecule has 1 unspecified atom stereocenters. The Bertz CT molecular complexity index is 383. The van der Waals surface area contributed by atoms with Gasteiger partial charge in [-0.3, -0.25) is 0 Å². The van der Waals surface area contributed by atoms with Gasteiger partial charge in [0.1, 0.15) is 0 Å². The third-order valence-electron chi connectivity index (χ3n) is 1.93. The molecule has 0 aliphatic heterocycles. The Hall–Kier alpha value is -0.960. The van der Waals surface area contributed by atoms with Crippen molar-refractivity contribution in [3.8, 4) is 0 Å². The zero-order chi connectivity index (χ0) is 12.0. The van der Waals surface area contributed by atoms with Crippen LogP contribution in [0, 0.1) is 0 Å². The van der Waals surface area contributed by atoms with Gasteiger partial charge in [-0.2, -0.15) is 0 Å². The Labute approximate surface area is 93.9 Å². The maximum atomic E-state index is 11.7. The number of aliphatic hydroxyl groups is 1. The molecule has 0 saturated carbocycles. The fourth-order valence-corrected chi connectivity index (χ4v) is 2.37. The number of imidazole rings is 1. The summed E-state index contributed by atoms with van der Waals surface area (Å²) in [5.41, 5.74) is 0. The van der Waals surface area contributed by atoms with Gasteiger partial charge in [0.2, 0.25) is 0 Å². The quantitative estimate of drug-likeness (QED) is 0.580. The Morgan fingerprint density at radius 2 is 2.44 bits per heavy atom. The van der Waals surface area contributed by atoms with Crippen LogP contribution >= 0.6 is 0 Å². The van der Waals surface area contributed by atoms with Crippen LogP contribution in [0.1, 0.15) is 6.42 Å². The molecule has 1 rings (SSSR count). The summed E-state index contributed by atoms with van der Waals surface area (Å²) in [6.45, 7) is 0.0907. The van der Waals surface area contributed by atoms with Crippen LogP contribution in [0.4, 0.5) is 0 Å². The van der Waals surface area contributed by atoms with E-state index in [4.69, 9.17) is 9.84 Å². The largest absolute Gasteiger partial charge is 0.396 e. The van der Waals surface area contributed by atoms with E-state index in [-0.39, 0.29) is 18.2 Å². The fourth-order valence-electron chi connectivity index (χ4n) is 1.21. The van der Waals surface area contributed by atoms with E-state index >= 15 is 0 Å². The number of aromatic nitrogens is 2. The summed E-state index contributed by atoms with van der Waals surface area (Å²) >= 11 is 0. The number of nitrogens with zero attached hydrogens (tertiary/aromatic N) is 1. The highest BCUT2D eigenvalue weighted by Crippen LogP contribution is 2.05. The molecule has 0 aliphatic rings. The van der Waals surface area contributed by atoms with E-state index in [1.54, 1.807) is 0 Å². The summed E-state index contributed by atoms with van der Waals surface area (Å²) in [6, 6.07) is -0.455. The second-order valence-electron chi connectivity index (χ2n) is 3.20. The Balaban J connectivity index is 2.70. The number of ether oxygens (including phenoxy) is 1. The molecule has 8 heteroatoms. The van der Waals surface area contributed by atoms with E-state index in [1.165, 1.54) is 19.6 Å². The minimum Gasteiger partial charge on any atom is -0.396 e. The molecule has 7 nitrogen and oxygen atoms in total. The molecule has 0 amide bonds. The predicted octanol–water partition coefficient (Wildman–Crippen LogP) is -0.915. The predicted molar refractivity (Wildman–Crippen MR) is 56.3 cm³/mol. The second-order valence-corrected chi connectivity index (χ2v) is 4.88. The van der Waals surface area contributed by atoms with Crippen molar-refractivity contribution < 1.29 is 18.3 Å². The summed E-state index contributed by atoms with van der Waals surface area (Å²) in [4.78, 5) is 6.13. The van der Waals surface area contributed by atoms with Crippen LogP contribution in [-0.4, -0.2) is 49.9 Å². The van der Waals surface area contributed by atoms with Gasteiger partial charge in [0.25, 0.3) is 10.0 Å². The Morgan fingerprint density at radius 1 is 1.69 bits per heavy atom. The molecule has 0 aliphatic carbocycles. The molecule has 0 saturated heterocycles. The van der Waals surface area contributed by atoms with Gasteiger partial charge < -0.3 is 14.8 Å². The first-order valence-electron chi connectivity index (χ1n) is 4.70. The Morgan fingerprint density at radius 3 is 2.94 bits per heavy atom. The van der Waals surface area contributed by atoms with Crippen LogP contribution in [-0.2, 0) is 14.8 Å². The summed E-state index contributed by atoms with van der Waals surface area (Å²) in [5, 5.41) is 8.77. The van der Waals surface area contributed by atoms with Crippen LogP contribution in [0.15, 0.2) is 17.6 Å². The van der Waals surface area contributed by atoms with Gasteiger partial charge in [0, 0.05) is 19.8 Å². The smallest absolute Gasteiger partial charge is 0.257 e. The minimum atomic E-state index is -3.62. The fraction of sp³-hybridized carbons (Fsp3) is 0.625. The van der Waals surface area contributed by atoms with Gasteiger partial charge >= 0.3 is 0 Å². The lowest BCUT2D eigenvalue weighted by molar-refractivity contribution is 0.158. The average Bonchev–Trinajstić information content (AvgIpc) is 2.71. The van der Waals surface area contributed by atoms with Crippen LogP contribution < -0.4 is 4.72 Å². The molecule has 1 aromatic rings. The normalized spacial score (nSPS) is 13.9. The lowest BCUT2D eigenvalue weighted by Crippen LogP contribution is -2.38. The number of aliphatic hydroxyl groups excluding tert-OH is 1. The van der Waals surface area contributed by atoms with Gasteiger partial charge in [0.15, 0.2) is 5.03 Å². The molecule has 0 radical (unpaired) electrons. The van der Waals surface area contributed by atoms with Gasteiger partial charge in [-0.15, -0.1) is 0 Å². The van der Waals surface area contributed by atoms with Crippen LogP contribution in [0.3, 0.4) is 0 Å². The van der Waals surface area contributed by atoms with Crippen molar-refractivity contribution in [2.75, 3.05) is 20.3 Å². The van der Waals surface area contributed by atoms with Crippen molar-refractivity contribution in [3.63, 3.8) is 0 Å². The highest BCUT2D eigenvalue weighted by atomic mass is 32.2. The lowest BCUT2D eigenvalue weighted by Gasteiger charge is -2.15. The van der Waals surface area contributed by atoms with Crippen LogP contribution in [0.5, 0.6) is 0 Å². The monoisotopic (exact) mass is 249 g/mol. The first kappa shape index (κ1) is 13.1. The van der Waals surface area contributed by atoms with Crippen molar-refractivity contribution in [3.05, 3.63) is 12.5 Å². The summed E-state index contributed by atoms with van der Waals surface area (Å²) in [5.74, 6) is 0. The van der Waals surface area contributed by atoms with E-state index < -0.39 is 16.1 Å². The van der Waals surface area contributed by atoms with Crippen LogP contribution in [0.25, 0.3) is 0 Å². The number of hydrogen-bond donors (Lipinski definition) is 3. The number of sulfonamides is 1. The van der Waals surface area contributed by atoms with Crippen molar-refractivity contribution in [2.24, 2.45) is 0 Å². The number of methoxy groups -OCH3 is 1. The summed E-state index contributed by atoms with van der Waals surface area (Å²) in [6.07, 6.45) is 2.79. The topological polar surface area (TPSA) is 104 Å². The molecule has 3 N–H and O–H groups in total. The lowest BCUT2D eigenvalue weighted by atomic mass is 10.2.